The maximum atomic E-state index is 14.7. The largest absolute Gasteiger partial charge is 0.469 e. The van der Waals surface area contributed by atoms with Crippen molar-refractivity contribution in [2.24, 2.45) is 35.5 Å². The van der Waals surface area contributed by atoms with Crippen LogP contribution in [0, 0.1) is 47.3 Å². The minimum absolute atomic E-state index is 0.0282. The van der Waals surface area contributed by atoms with Crippen LogP contribution < -0.4 is 5.32 Å². The fourth-order valence-corrected chi connectivity index (χ4v) is 10.7. The summed E-state index contributed by atoms with van der Waals surface area (Å²) < 4.78 is 33.3. The van der Waals surface area contributed by atoms with Crippen molar-refractivity contribution < 1.29 is 76.7 Å². The Bertz CT molecular complexity index is 2210. The number of esters is 1. The Kier molecular flexibility index (Phi) is 35.4. The van der Waals surface area contributed by atoms with E-state index in [4.69, 9.17) is 33.5 Å². The van der Waals surface area contributed by atoms with E-state index in [0.717, 1.165) is 5.56 Å². The summed E-state index contributed by atoms with van der Waals surface area (Å²) in [5.74, 6) is -0.943. The summed E-state index contributed by atoms with van der Waals surface area (Å²) in [4.78, 5) is 125. The van der Waals surface area contributed by atoms with Crippen molar-refractivity contribution in [3.05, 3.63) is 35.9 Å². The second-order valence-electron chi connectivity index (χ2n) is 22.1. The molecule has 1 heterocycles. The Morgan fingerprint density at radius 1 is 0.732 bits per heavy atom. The molecular formula is C62H98N4O16. The summed E-state index contributed by atoms with van der Waals surface area (Å²) in [6, 6.07) is 7.64. The lowest BCUT2D eigenvalue weighted by Gasteiger charge is -2.41. The number of likely N-dealkylation sites (N-methyl/N-ethyl adjacent to an activating group) is 2. The molecule has 2 N–H and O–H groups in total. The molecule has 1 aliphatic rings. The van der Waals surface area contributed by atoms with Gasteiger partial charge in [0.15, 0.2) is 5.78 Å². The van der Waals surface area contributed by atoms with Gasteiger partial charge in [0.2, 0.25) is 23.5 Å². The van der Waals surface area contributed by atoms with Crippen LogP contribution in [-0.2, 0) is 78.0 Å². The first-order valence-electron chi connectivity index (χ1n) is 29.3. The minimum Gasteiger partial charge on any atom is -0.469 e. The van der Waals surface area contributed by atoms with Crippen LogP contribution in [0.2, 0.25) is 0 Å². The third-order valence-corrected chi connectivity index (χ3v) is 15.5. The number of aliphatic hydroxyl groups excluding tert-OH is 1. The van der Waals surface area contributed by atoms with E-state index in [1.807, 2.05) is 71.9 Å². The number of likely N-dealkylation sites (tertiary alicyclic amines) is 1. The highest BCUT2D eigenvalue weighted by Crippen LogP contribution is 2.32. The van der Waals surface area contributed by atoms with Crippen molar-refractivity contribution in [2.45, 2.75) is 162 Å². The summed E-state index contributed by atoms with van der Waals surface area (Å²) in [5.41, 5.74) is 0.908. The molecule has 0 bridgehead atoms. The summed E-state index contributed by atoms with van der Waals surface area (Å²) in [6.45, 7) is 15.0. The van der Waals surface area contributed by atoms with Crippen LogP contribution in [0.5, 0.6) is 0 Å². The molecule has 0 radical (unpaired) electrons. The fraction of sp³-hybridized carbons (Fsp3) is 0.726. The van der Waals surface area contributed by atoms with Gasteiger partial charge in [-0.05, 0) is 61.3 Å². The number of benzene rings is 1. The number of nitrogens with zero attached hydrogens (tertiary/aromatic N) is 3. The van der Waals surface area contributed by atoms with Crippen LogP contribution in [0.4, 0.5) is 0 Å². The number of carbonyl (C=O) groups is 9. The molecule has 0 saturated carbocycles. The van der Waals surface area contributed by atoms with Crippen molar-refractivity contribution in [1.29, 1.82) is 0 Å². The second kappa shape index (κ2) is 39.9. The normalized spacial score (nSPS) is 16.2. The third-order valence-electron chi connectivity index (χ3n) is 15.5. The van der Waals surface area contributed by atoms with E-state index in [0.29, 0.717) is 58.1 Å². The van der Waals surface area contributed by atoms with E-state index in [1.165, 1.54) is 26.2 Å². The van der Waals surface area contributed by atoms with Gasteiger partial charge in [-0.3, -0.25) is 43.2 Å². The molecule has 1 saturated heterocycles. The molecule has 82 heavy (non-hydrogen) atoms. The average Bonchev–Trinajstić information content (AvgIpc) is 4.11. The molecule has 4 amide bonds. The Labute approximate surface area is 488 Å². The van der Waals surface area contributed by atoms with Crippen LogP contribution in [0.1, 0.15) is 131 Å². The number of Topliss-reactive ketones (excluding diaryl/α,β-unsaturated/α-hetero) is 4. The van der Waals surface area contributed by atoms with Crippen molar-refractivity contribution in [3.8, 4) is 11.8 Å². The number of rotatable bonds is 42. The molecule has 1 aliphatic heterocycles. The number of hydrogen-bond acceptors (Lipinski definition) is 16. The number of methoxy groups -OCH3 is 3. The van der Waals surface area contributed by atoms with E-state index in [9.17, 15) is 43.2 Å². The highest BCUT2D eigenvalue weighted by molar-refractivity contribution is 6.03. The smallest absolute Gasteiger partial charge is 0.309 e. The van der Waals surface area contributed by atoms with Crippen LogP contribution in [0.3, 0.4) is 0 Å². The van der Waals surface area contributed by atoms with Crippen molar-refractivity contribution in [2.75, 3.05) is 94.8 Å². The third kappa shape index (κ3) is 25.2. The van der Waals surface area contributed by atoms with Gasteiger partial charge in [0, 0.05) is 104 Å². The van der Waals surface area contributed by atoms with E-state index in [-0.39, 0.29) is 138 Å². The summed E-state index contributed by atoms with van der Waals surface area (Å²) in [5, 5.41) is 11.2. The molecule has 462 valence electrons. The Balaban J connectivity index is 1.99. The topological polar surface area (TPSA) is 251 Å². The van der Waals surface area contributed by atoms with E-state index >= 15 is 0 Å². The zero-order valence-corrected chi connectivity index (χ0v) is 51.2. The van der Waals surface area contributed by atoms with Gasteiger partial charge in [0.05, 0.1) is 89.2 Å². The highest BCUT2D eigenvalue weighted by Gasteiger charge is 2.44. The number of ketones is 4. The molecule has 0 spiro atoms. The van der Waals surface area contributed by atoms with Crippen LogP contribution >= 0.6 is 0 Å². The Hall–Kier alpha value is -5.43. The number of aliphatic hydroxyl groups is 1. The molecule has 0 aliphatic carbocycles. The number of amides is 4. The molecule has 0 unspecified atom stereocenters. The van der Waals surface area contributed by atoms with Gasteiger partial charge < -0.3 is 53.5 Å². The summed E-state index contributed by atoms with van der Waals surface area (Å²) in [6.07, 6.45) is 2.19. The lowest BCUT2D eigenvalue weighted by atomic mass is 9.83. The van der Waals surface area contributed by atoms with Gasteiger partial charge >= 0.3 is 5.97 Å². The van der Waals surface area contributed by atoms with Gasteiger partial charge in [-0.25, -0.2) is 0 Å². The minimum atomic E-state index is -0.830. The Morgan fingerprint density at radius 2 is 1.38 bits per heavy atom. The Morgan fingerprint density at radius 3 is 1.99 bits per heavy atom. The molecule has 0 aromatic heterocycles. The quantitative estimate of drug-likeness (QED) is 0.0367. The number of ether oxygens (including phenoxy) is 6. The van der Waals surface area contributed by atoms with Crippen LogP contribution in [0.15, 0.2) is 30.3 Å². The molecular weight excluding hydrogens is 1060 g/mol. The number of nitrogens with one attached hydrogen (secondary N) is 1. The maximum absolute atomic E-state index is 14.7. The molecule has 2 rings (SSSR count). The van der Waals surface area contributed by atoms with E-state index < -0.39 is 65.7 Å². The molecule has 9 atom stereocenters. The first-order valence-corrected chi connectivity index (χ1v) is 29.3. The first kappa shape index (κ1) is 72.7. The molecule has 1 fully saturated rings. The zero-order chi connectivity index (χ0) is 61.3. The van der Waals surface area contributed by atoms with Gasteiger partial charge in [0.1, 0.15) is 11.6 Å². The van der Waals surface area contributed by atoms with E-state index in [1.54, 1.807) is 30.8 Å². The molecule has 1 aromatic rings. The lowest BCUT2D eigenvalue weighted by Crippen LogP contribution is -2.54. The second-order valence-corrected chi connectivity index (χ2v) is 22.1. The molecule has 20 heteroatoms. The summed E-state index contributed by atoms with van der Waals surface area (Å²) in [7, 11) is 7.62. The first-order chi connectivity index (χ1) is 39.1. The van der Waals surface area contributed by atoms with Crippen molar-refractivity contribution in [1.82, 2.24) is 20.0 Å². The maximum Gasteiger partial charge on any atom is 0.309 e. The van der Waals surface area contributed by atoms with E-state index in [2.05, 4.69) is 17.2 Å². The van der Waals surface area contributed by atoms with Crippen molar-refractivity contribution in [3.63, 3.8) is 0 Å². The predicted octanol–water partition coefficient (Wildman–Crippen LogP) is 5.25. The molecule has 1 aromatic carbocycles. The number of hydrogen-bond donors (Lipinski definition) is 2. The van der Waals surface area contributed by atoms with Crippen LogP contribution in [0.25, 0.3) is 0 Å². The fourth-order valence-electron chi connectivity index (χ4n) is 10.7. The number of carbonyl (C=O) groups excluding carboxylic acids is 9. The van der Waals surface area contributed by atoms with Gasteiger partial charge in [-0.1, -0.05) is 85.2 Å². The van der Waals surface area contributed by atoms with Crippen LogP contribution in [-0.4, -0.2) is 198 Å². The monoisotopic (exact) mass is 1150 g/mol. The SMILES string of the molecule is CC[C@H](C)[C@@H]([C@@H](CC(=O)N1CCC[C@H]1[C@H](OC)[C@@H](C)C(=O)C[C@@H](Cc1ccccc1)C(=O)OC)OC)N(C)C(=O)[C@@H](CC(=O)[C@H](C(C)C)N(C)C(=O)CCOCCCC(=O)C#CC(=O)NCCOCCC(=O)CCCOCCO)C(C)C. The highest BCUT2D eigenvalue weighted by atomic mass is 16.5. The standard InChI is InChI=1S/C62H98N4O16/c1-13-44(6)59(54(77-10)41-57(74)66-30-17-24-51(66)60(78-11)45(7)52(70)39-47(62(76)79-12)38-46-20-15-14-16-21-46)65(9)61(75)50(42(2)3)40-53(71)58(43(4)5)64(8)56(73)28-35-80-32-18-22-48(68)25-26-55(72)63-29-36-82-34-27-49(69)23-19-33-81-37-31-67/h14-16,20-21,42-45,47,50-51,54,58-60,67H,13,17-19,22-24,27-41H2,1-12H3,(H,63,72)/t44-,45-,47+,50-,51-,54+,58-,59-,60+/m0/s1. The molecule has 20 nitrogen and oxygen atoms in total. The average molecular weight is 1160 g/mol. The lowest BCUT2D eigenvalue weighted by molar-refractivity contribution is -0.150. The summed E-state index contributed by atoms with van der Waals surface area (Å²) >= 11 is 0. The van der Waals surface area contributed by atoms with Gasteiger partial charge in [-0.2, -0.15) is 0 Å². The van der Waals surface area contributed by atoms with Gasteiger partial charge in [0.25, 0.3) is 5.91 Å². The van der Waals surface area contributed by atoms with Gasteiger partial charge in [-0.15, -0.1) is 0 Å². The predicted molar refractivity (Wildman–Crippen MR) is 309 cm³/mol. The van der Waals surface area contributed by atoms with Crippen molar-refractivity contribution >= 4 is 52.7 Å². The zero-order valence-electron chi connectivity index (χ0n) is 51.2.